The summed E-state index contributed by atoms with van der Waals surface area (Å²) in [6.07, 6.45) is 1.79. The van der Waals surface area contributed by atoms with Crippen LogP contribution in [-0.4, -0.2) is 58.7 Å². The molecule has 8 heteroatoms. The minimum absolute atomic E-state index is 0.0175. The number of rotatable bonds is 4. The van der Waals surface area contributed by atoms with Crippen molar-refractivity contribution in [3.05, 3.63) is 51.4 Å². The molecule has 2 aliphatic rings. The molecular weight excluding hydrogens is 372 g/mol. The van der Waals surface area contributed by atoms with Crippen LogP contribution < -0.4 is 0 Å². The molecule has 0 bridgehead atoms. The molecule has 2 aromatic rings. The standard InChI is InChI=1S/C18H19ClN4O2S/c19-17-5-4-16(26-17)14-11-15(25-21-14)18(24)23-9-7-22(8-10-23)12-13-3-1-2-6-20-13/h1-6,15H,7-12H2. The lowest BCUT2D eigenvalue weighted by atomic mass is 10.1. The zero-order valence-corrected chi connectivity index (χ0v) is 15.7. The van der Waals surface area contributed by atoms with E-state index >= 15 is 0 Å². The number of oxime groups is 1. The van der Waals surface area contributed by atoms with Gasteiger partial charge in [0.1, 0.15) is 5.71 Å². The van der Waals surface area contributed by atoms with Crippen molar-refractivity contribution < 1.29 is 9.63 Å². The van der Waals surface area contributed by atoms with Gasteiger partial charge in [0, 0.05) is 45.3 Å². The number of hydrogen-bond acceptors (Lipinski definition) is 6. The first-order valence-electron chi connectivity index (χ1n) is 8.58. The van der Waals surface area contributed by atoms with Crippen LogP contribution in [0.4, 0.5) is 0 Å². The zero-order chi connectivity index (χ0) is 17.9. The smallest absolute Gasteiger partial charge is 0.266 e. The van der Waals surface area contributed by atoms with Gasteiger partial charge in [-0.3, -0.25) is 14.7 Å². The Kier molecular flexibility index (Phi) is 5.19. The molecule has 1 atom stereocenters. The second-order valence-corrected chi connectivity index (χ2v) is 8.08. The number of hydrogen-bond donors (Lipinski definition) is 0. The van der Waals surface area contributed by atoms with Gasteiger partial charge in [-0.05, 0) is 24.3 Å². The molecule has 4 heterocycles. The predicted molar refractivity (Wildman–Crippen MR) is 101 cm³/mol. The number of piperazine rings is 1. The van der Waals surface area contributed by atoms with Crippen molar-refractivity contribution in [1.29, 1.82) is 0 Å². The SMILES string of the molecule is O=C(C1CC(c2ccc(Cl)s2)=NO1)N1CCN(Cc2ccccn2)CC1. The average molecular weight is 391 g/mol. The zero-order valence-electron chi connectivity index (χ0n) is 14.2. The third kappa shape index (κ3) is 3.90. The maximum Gasteiger partial charge on any atom is 0.266 e. The molecule has 1 fully saturated rings. The molecule has 26 heavy (non-hydrogen) atoms. The van der Waals surface area contributed by atoms with Gasteiger partial charge in [0.25, 0.3) is 5.91 Å². The number of aromatic nitrogens is 1. The summed E-state index contributed by atoms with van der Waals surface area (Å²) in [5, 5.41) is 4.09. The van der Waals surface area contributed by atoms with Crippen LogP contribution in [0.5, 0.6) is 0 Å². The molecule has 136 valence electrons. The van der Waals surface area contributed by atoms with Crippen molar-refractivity contribution in [3.63, 3.8) is 0 Å². The van der Waals surface area contributed by atoms with Crippen molar-refractivity contribution in [1.82, 2.24) is 14.8 Å². The van der Waals surface area contributed by atoms with Gasteiger partial charge in [-0.2, -0.15) is 0 Å². The monoisotopic (exact) mass is 390 g/mol. The molecule has 2 aliphatic heterocycles. The van der Waals surface area contributed by atoms with E-state index in [2.05, 4.69) is 15.0 Å². The van der Waals surface area contributed by atoms with E-state index in [1.165, 1.54) is 11.3 Å². The van der Waals surface area contributed by atoms with E-state index in [1.807, 2.05) is 41.4 Å². The van der Waals surface area contributed by atoms with E-state index in [1.54, 1.807) is 0 Å². The quantitative estimate of drug-likeness (QED) is 0.805. The summed E-state index contributed by atoms with van der Waals surface area (Å²) in [5.74, 6) is 0.0175. The van der Waals surface area contributed by atoms with Crippen LogP contribution >= 0.6 is 22.9 Å². The van der Waals surface area contributed by atoms with Crippen molar-refractivity contribution in [2.45, 2.75) is 19.1 Å². The highest BCUT2D eigenvalue weighted by Crippen LogP contribution is 2.27. The third-order valence-corrected chi connectivity index (χ3v) is 5.88. The van der Waals surface area contributed by atoms with Gasteiger partial charge < -0.3 is 9.74 Å². The predicted octanol–water partition coefficient (Wildman–Crippen LogP) is 2.63. The second kappa shape index (κ2) is 7.73. The molecule has 6 nitrogen and oxygen atoms in total. The van der Waals surface area contributed by atoms with Crippen molar-refractivity contribution in [2.75, 3.05) is 26.2 Å². The first-order chi connectivity index (χ1) is 12.7. The van der Waals surface area contributed by atoms with E-state index < -0.39 is 6.10 Å². The number of carbonyl (C=O) groups excluding carboxylic acids is 1. The first kappa shape index (κ1) is 17.5. The first-order valence-corrected chi connectivity index (χ1v) is 9.78. The van der Waals surface area contributed by atoms with E-state index in [-0.39, 0.29) is 5.91 Å². The molecular formula is C18H19ClN4O2S. The molecule has 0 radical (unpaired) electrons. The van der Waals surface area contributed by atoms with Crippen LogP contribution in [0.3, 0.4) is 0 Å². The van der Waals surface area contributed by atoms with Gasteiger partial charge in [0.15, 0.2) is 0 Å². The van der Waals surface area contributed by atoms with E-state index in [0.717, 1.165) is 35.9 Å². The van der Waals surface area contributed by atoms with Crippen molar-refractivity contribution in [2.24, 2.45) is 5.16 Å². The van der Waals surface area contributed by atoms with E-state index in [0.29, 0.717) is 23.8 Å². The summed E-state index contributed by atoms with van der Waals surface area (Å²) in [4.78, 5) is 27.6. The summed E-state index contributed by atoms with van der Waals surface area (Å²) in [6, 6.07) is 9.69. The lowest BCUT2D eigenvalue weighted by Gasteiger charge is -2.35. The molecule has 1 amide bonds. The Morgan fingerprint density at radius 2 is 2.08 bits per heavy atom. The number of nitrogens with zero attached hydrogens (tertiary/aromatic N) is 4. The Bertz CT molecular complexity index is 803. The second-order valence-electron chi connectivity index (χ2n) is 6.36. The Balaban J connectivity index is 1.28. The van der Waals surface area contributed by atoms with Gasteiger partial charge in [0.05, 0.1) is 14.9 Å². The molecule has 0 saturated carbocycles. The fraction of sp³-hybridized carbons (Fsp3) is 0.389. The number of pyridine rings is 1. The minimum Gasteiger partial charge on any atom is -0.382 e. The number of thiophene rings is 1. The topological polar surface area (TPSA) is 58.0 Å². The van der Waals surface area contributed by atoms with Crippen LogP contribution in [0.2, 0.25) is 4.34 Å². The lowest BCUT2D eigenvalue weighted by molar-refractivity contribution is -0.143. The largest absolute Gasteiger partial charge is 0.382 e. The fourth-order valence-corrected chi connectivity index (χ4v) is 4.21. The van der Waals surface area contributed by atoms with Crippen LogP contribution in [-0.2, 0) is 16.2 Å². The summed E-state index contributed by atoms with van der Waals surface area (Å²) in [6.45, 7) is 3.89. The maximum absolute atomic E-state index is 12.7. The van der Waals surface area contributed by atoms with Crippen LogP contribution in [0, 0.1) is 0 Å². The fourth-order valence-electron chi connectivity index (χ4n) is 3.18. The van der Waals surface area contributed by atoms with Crippen LogP contribution in [0.15, 0.2) is 41.7 Å². The van der Waals surface area contributed by atoms with Gasteiger partial charge in [-0.15, -0.1) is 11.3 Å². The number of carbonyl (C=O) groups is 1. The highest BCUT2D eigenvalue weighted by molar-refractivity contribution is 7.18. The lowest BCUT2D eigenvalue weighted by Crippen LogP contribution is -2.51. The molecule has 0 aromatic carbocycles. The van der Waals surface area contributed by atoms with Crippen LogP contribution in [0.1, 0.15) is 17.0 Å². The van der Waals surface area contributed by atoms with Gasteiger partial charge in [-0.25, -0.2) is 0 Å². The normalized spacial score (nSPS) is 20.7. The molecule has 1 unspecified atom stereocenters. The Morgan fingerprint density at radius 1 is 1.23 bits per heavy atom. The van der Waals surface area contributed by atoms with Gasteiger partial charge in [0.2, 0.25) is 6.10 Å². The Hall–Kier alpha value is -1.96. The van der Waals surface area contributed by atoms with E-state index in [4.69, 9.17) is 16.4 Å². The highest BCUT2D eigenvalue weighted by atomic mass is 35.5. The van der Waals surface area contributed by atoms with Gasteiger partial charge >= 0.3 is 0 Å². The van der Waals surface area contributed by atoms with Crippen molar-refractivity contribution >= 4 is 34.6 Å². The molecule has 0 spiro atoms. The van der Waals surface area contributed by atoms with Gasteiger partial charge in [-0.1, -0.05) is 22.8 Å². The number of halogens is 1. The summed E-state index contributed by atoms with van der Waals surface area (Å²) in [7, 11) is 0. The third-order valence-electron chi connectivity index (χ3n) is 4.60. The molecule has 1 saturated heterocycles. The summed E-state index contributed by atoms with van der Waals surface area (Å²) >= 11 is 7.42. The summed E-state index contributed by atoms with van der Waals surface area (Å²) < 4.78 is 0.710. The average Bonchev–Trinajstić information content (AvgIpc) is 3.32. The molecule has 2 aromatic heterocycles. The Labute approximate surface area is 161 Å². The summed E-state index contributed by atoms with van der Waals surface area (Å²) in [5.41, 5.74) is 1.85. The molecule has 4 rings (SSSR count). The van der Waals surface area contributed by atoms with E-state index in [9.17, 15) is 4.79 Å². The molecule has 0 N–H and O–H groups in total. The highest BCUT2D eigenvalue weighted by Gasteiger charge is 2.34. The molecule has 0 aliphatic carbocycles. The Morgan fingerprint density at radius 3 is 2.77 bits per heavy atom. The minimum atomic E-state index is -0.520. The van der Waals surface area contributed by atoms with Crippen LogP contribution in [0.25, 0.3) is 0 Å². The number of amides is 1. The maximum atomic E-state index is 12.7. The van der Waals surface area contributed by atoms with Crippen molar-refractivity contribution in [3.8, 4) is 0 Å².